The van der Waals surface area contributed by atoms with Crippen LogP contribution in [0.2, 0.25) is 0 Å². The van der Waals surface area contributed by atoms with Crippen molar-refractivity contribution in [2.45, 2.75) is 44.9 Å². The highest BCUT2D eigenvalue weighted by Gasteiger charge is 2.27. The van der Waals surface area contributed by atoms with Crippen molar-refractivity contribution < 1.29 is 14.6 Å². The van der Waals surface area contributed by atoms with Gasteiger partial charge in [0.05, 0.1) is 12.7 Å². The minimum Gasteiger partial charge on any atom is -0.389 e. The molecule has 1 amide bonds. The number of halogens is 1. The van der Waals surface area contributed by atoms with Gasteiger partial charge >= 0.3 is 0 Å². The van der Waals surface area contributed by atoms with Crippen molar-refractivity contribution in [3.63, 3.8) is 0 Å². The molecule has 0 radical (unpaired) electrons. The number of rotatable bonds is 5. The lowest BCUT2D eigenvalue weighted by Gasteiger charge is -2.27. The molecule has 0 bridgehead atoms. The summed E-state index contributed by atoms with van der Waals surface area (Å²) in [5.74, 6) is -0.148. The van der Waals surface area contributed by atoms with E-state index in [9.17, 15) is 9.90 Å². The van der Waals surface area contributed by atoms with E-state index < -0.39 is 12.2 Å². The number of ether oxygens (including phenoxy) is 1. The van der Waals surface area contributed by atoms with Crippen LogP contribution in [0.5, 0.6) is 0 Å². The largest absolute Gasteiger partial charge is 0.389 e. The van der Waals surface area contributed by atoms with Gasteiger partial charge < -0.3 is 20.5 Å². The molecular weight excluding hydrogens is 304 g/mol. The summed E-state index contributed by atoms with van der Waals surface area (Å²) in [4.78, 5) is 12.0. The number of carbonyl (C=O) groups excluding carboxylic acids is 1. The summed E-state index contributed by atoms with van der Waals surface area (Å²) in [5.41, 5.74) is 1.85. The fourth-order valence-corrected chi connectivity index (χ4v) is 2.17. The monoisotopic (exact) mass is 328 g/mol. The van der Waals surface area contributed by atoms with Gasteiger partial charge in [0.1, 0.15) is 6.10 Å². The van der Waals surface area contributed by atoms with Gasteiger partial charge in [0, 0.05) is 24.2 Å². The molecule has 0 spiro atoms. The molecule has 0 aliphatic carbocycles. The van der Waals surface area contributed by atoms with Crippen LogP contribution in [0.3, 0.4) is 0 Å². The number of para-hydroxylation sites is 1. The van der Waals surface area contributed by atoms with Crippen molar-refractivity contribution in [3.05, 3.63) is 29.8 Å². The lowest BCUT2D eigenvalue weighted by molar-refractivity contribution is -0.129. The quantitative estimate of drug-likeness (QED) is 0.770. The van der Waals surface area contributed by atoms with E-state index in [0.717, 1.165) is 11.3 Å². The first-order valence-corrected chi connectivity index (χ1v) is 7.28. The minimum absolute atomic E-state index is 0. The van der Waals surface area contributed by atoms with Gasteiger partial charge in [0.2, 0.25) is 0 Å². The van der Waals surface area contributed by atoms with Gasteiger partial charge in [-0.25, -0.2) is 0 Å². The molecule has 22 heavy (non-hydrogen) atoms. The number of fused-ring (bicyclic) bond motifs is 1. The molecule has 3 N–H and O–H groups in total. The fourth-order valence-electron chi connectivity index (χ4n) is 2.17. The van der Waals surface area contributed by atoms with Crippen LogP contribution in [0.1, 0.15) is 26.3 Å². The predicted molar refractivity (Wildman–Crippen MR) is 89.5 cm³/mol. The summed E-state index contributed by atoms with van der Waals surface area (Å²) >= 11 is 0. The molecule has 2 atom stereocenters. The van der Waals surface area contributed by atoms with Crippen molar-refractivity contribution in [1.29, 1.82) is 0 Å². The molecule has 0 aromatic heterocycles. The van der Waals surface area contributed by atoms with Crippen molar-refractivity contribution in [2.24, 2.45) is 0 Å². The van der Waals surface area contributed by atoms with E-state index in [4.69, 9.17) is 4.74 Å². The van der Waals surface area contributed by atoms with E-state index >= 15 is 0 Å². The molecule has 1 aromatic rings. The van der Waals surface area contributed by atoms with Crippen molar-refractivity contribution >= 4 is 24.0 Å². The Bertz CT molecular complexity index is 502. The third-order valence-corrected chi connectivity index (χ3v) is 3.33. The van der Waals surface area contributed by atoms with E-state index in [2.05, 4.69) is 10.6 Å². The average Bonchev–Trinajstić information content (AvgIpc) is 2.42. The zero-order valence-electron chi connectivity index (χ0n) is 13.3. The average molecular weight is 329 g/mol. The number of aliphatic hydroxyl groups excluding tert-OH is 1. The van der Waals surface area contributed by atoms with Gasteiger partial charge in [0.15, 0.2) is 0 Å². The zero-order chi connectivity index (χ0) is 15.5. The van der Waals surface area contributed by atoms with Crippen LogP contribution in [0.15, 0.2) is 24.3 Å². The van der Waals surface area contributed by atoms with E-state index in [1.54, 1.807) is 0 Å². The Morgan fingerprint density at radius 3 is 2.77 bits per heavy atom. The van der Waals surface area contributed by atoms with E-state index in [1.807, 2.05) is 45.0 Å². The molecule has 1 aliphatic heterocycles. The maximum absolute atomic E-state index is 12.0. The second-order valence-electron chi connectivity index (χ2n) is 6.46. The Hall–Kier alpha value is -1.14. The normalized spacial score (nSPS) is 18.9. The maximum atomic E-state index is 12.0. The van der Waals surface area contributed by atoms with Gasteiger partial charge in [-0.2, -0.15) is 0 Å². The Kier molecular flexibility index (Phi) is 6.81. The number of nitrogens with one attached hydrogen (secondary N) is 2. The number of hydrogen-bond acceptors (Lipinski definition) is 4. The van der Waals surface area contributed by atoms with Crippen LogP contribution in [0, 0.1) is 0 Å². The third-order valence-electron chi connectivity index (χ3n) is 3.33. The third kappa shape index (κ3) is 5.57. The summed E-state index contributed by atoms with van der Waals surface area (Å²) in [6.07, 6.45) is -0.625. The Labute approximate surface area is 137 Å². The first-order valence-electron chi connectivity index (χ1n) is 7.28. The Morgan fingerprint density at radius 2 is 2.09 bits per heavy atom. The lowest BCUT2D eigenvalue weighted by Crippen LogP contribution is -2.44. The molecule has 2 rings (SSSR count). The lowest BCUT2D eigenvalue weighted by atomic mass is 10.0. The predicted octanol–water partition coefficient (Wildman–Crippen LogP) is 1.74. The van der Waals surface area contributed by atoms with Crippen LogP contribution < -0.4 is 10.6 Å². The number of amides is 1. The smallest absolute Gasteiger partial charge is 0.253 e. The molecule has 1 heterocycles. The number of benzene rings is 1. The molecular formula is C16H25ClN2O3. The highest BCUT2D eigenvalue weighted by Crippen LogP contribution is 2.23. The molecule has 0 fully saturated rings. The van der Waals surface area contributed by atoms with Crippen LogP contribution in [-0.2, 0) is 16.0 Å². The second-order valence-corrected chi connectivity index (χ2v) is 6.46. The molecule has 124 valence electrons. The summed E-state index contributed by atoms with van der Waals surface area (Å²) in [7, 11) is 0. The molecule has 0 saturated heterocycles. The van der Waals surface area contributed by atoms with Crippen LogP contribution in [-0.4, -0.2) is 41.9 Å². The summed E-state index contributed by atoms with van der Waals surface area (Å²) < 4.78 is 5.58. The standard InChI is InChI=1S/C16H24N2O3.ClH/c1-16(2,3)17-9-12(19)10-21-14-8-11-6-4-5-7-13(11)18-15(14)20;/h4-7,12,14,17,19H,8-10H2,1-3H3,(H,18,20);1H. The number of carbonyl (C=O) groups is 1. The van der Waals surface area contributed by atoms with Crippen molar-refractivity contribution in [3.8, 4) is 0 Å². The molecule has 0 saturated carbocycles. The number of hydrogen-bond donors (Lipinski definition) is 3. The number of aliphatic hydroxyl groups is 1. The molecule has 2 unspecified atom stereocenters. The SMILES string of the molecule is CC(C)(C)NCC(O)COC1Cc2ccccc2NC1=O.Cl. The topological polar surface area (TPSA) is 70.6 Å². The van der Waals surface area contributed by atoms with Crippen LogP contribution >= 0.6 is 12.4 Å². The van der Waals surface area contributed by atoms with Gasteiger partial charge in [-0.1, -0.05) is 18.2 Å². The minimum atomic E-state index is -0.630. The first kappa shape index (κ1) is 18.9. The Morgan fingerprint density at radius 1 is 1.41 bits per heavy atom. The molecule has 5 nitrogen and oxygen atoms in total. The number of anilines is 1. The van der Waals surface area contributed by atoms with Crippen LogP contribution in [0.4, 0.5) is 5.69 Å². The zero-order valence-corrected chi connectivity index (χ0v) is 14.1. The second kappa shape index (κ2) is 7.92. The van der Waals surface area contributed by atoms with E-state index in [-0.39, 0.29) is 30.5 Å². The van der Waals surface area contributed by atoms with Crippen molar-refractivity contribution in [2.75, 3.05) is 18.5 Å². The first-order chi connectivity index (χ1) is 9.85. The van der Waals surface area contributed by atoms with Crippen LogP contribution in [0.25, 0.3) is 0 Å². The Balaban J connectivity index is 0.00000242. The summed E-state index contributed by atoms with van der Waals surface area (Å²) in [5, 5.41) is 15.9. The number of β-amino-alcohol motifs (C(OH)–C–C–N with tert-alkyl or cyclic N) is 1. The van der Waals surface area contributed by atoms with E-state index in [1.165, 1.54) is 0 Å². The fraction of sp³-hybridized carbons (Fsp3) is 0.562. The summed E-state index contributed by atoms with van der Waals surface area (Å²) in [6, 6.07) is 7.69. The van der Waals surface area contributed by atoms with Gasteiger partial charge in [-0.15, -0.1) is 12.4 Å². The molecule has 6 heteroatoms. The maximum Gasteiger partial charge on any atom is 0.253 e. The highest BCUT2D eigenvalue weighted by atomic mass is 35.5. The van der Waals surface area contributed by atoms with Gasteiger partial charge in [-0.05, 0) is 32.4 Å². The highest BCUT2D eigenvalue weighted by molar-refractivity contribution is 5.97. The molecule has 1 aliphatic rings. The van der Waals surface area contributed by atoms with Gasteiger partial charge in [-0.3, -0.25) is 4.79 Å². The summed E-state index contributed by atoms with van der Waals surface area (Å²) in [6.45, 7) is 6.68. The van der Waals surface area contributed by atoms with Crippen molar-refractivity contribution in [1.82, 2.24) is 5.32 Å². The van der Waals surface area contributed by atoms with E-state index in [0.29, 0.717) is 13.0 Å². The molecule has 1 aromatic carbocycles. The van der Waals surface area contributed by atoms with Gasteiger partial charge in [0.25, 0.3) is 5.91 Å².